The van der Waals surface area contributed by atoms with Crippen LogP contribution in [-0.2, 0) is 9.47 Å². The molecule has 0 aliphatic rings. The van der Waals surface area contributed by atoms with Gasteiger partial charge in [0.25, 0.3) is 0 Å². The summed E-state index contributed by atoms with van der Waals surface area (Å²) in [5, 5.41) is 10.2. The highest BCUT2D eigenvalue weighted by Crippen LogP contribution is 2.28. The van der Waals surface area contributed by atoms with Crippen LogP contribution >= 0.6 is 11.6 Å². The van der Waals surface area contributed by atoms with Gasteiger partial charge in [0.1, 0.15) is 5.75 Å². The Kier molecular flexibility index (Phi) is 5.92. The molecule has 0 saturated carbocycles. The van der Waals surface area contributed by atoms with Crippen molar-refractivity contribution in [3.63, 3.8) is 0 Å². The zero-order valence-corrected chi connectivity index (χ0v) is 11.8. The molecule has 20 heavy (non-hydrogen) atoms. The predicted molar refractivity (Wildman–Crippen MR) is 72.8 cm³/mol. The maximum absolute atomic E-state index is 11.8. The van der Waals surface area contributed by atoms with Crippen LogP contribution in [0, 0.1) is 0 Å². The van der Waals surface area contributed by atoms with Crippen LogP contribution in [-0.4, -0.2) is 30.5 Å². The first-order valence-corrected chi connectivity index (χ1v) is 6.26. The number of benzene rings is 1. The monoisotopic (exact) mass is 302 g/mol. The molecule has 1 aromatic rings. The van der Waals surface area contributed by atoms with Crippen molar-refractivity contribution in [2.45, 2.75) is 13.8 Å². The SMILES string of the molecule is CCOC(=O)NN(C(=O)OCC)c1ccc(O)cc1Cl. The van der Waals surface area contributed by atoms with Gasteiger partial charge in [0.05, 0.1) is 23.9 Å². The molecule has 0 bridgehead atoms. The Morgan fingerprint density at radius 1 is 1.30 bits per heavy atom. The number of aromatic hydroxyl groups is 1. The van der Waals surface area contributed by atoms with Gasteiger partial charge < -0.3 is 14.6 Å². The van der Waals surface area contributed by atoms with Crippen molar-refractivity contribution >= 4 is 29.5 Å². The highest BCUT2D eigenvalue weighted by atomic mass is 35.5. The number of rotatable bonds is 3. The van der Waals surface area contributed by atoms with Gasteiger partial charge in [-0.3, -0.25) is 0 Å². The lowest BCUT2D eigenvalue weighted by atomic mass is 10.3. The second-order valence-corrected chi connectivity index (χ2v) is 3.91. The highest BCUT2D eigenvalue weighted by molar-refractivity contribution is 6.33. The predicted octanol–water partition coefficient (Wildman–Crippen LogP) is 2.67. The van der Waals surface area contributed by atoms with E-state index >= 15 is 0 Å². The van der Waals surface area contributed by atoms with Gasteiger partial charge in [-0.15, -0.1) is 0 Å². The Bertz CT molecular complexity index is 495. The summed E-state index contributed by atoms with van der Waals surface area (Å²) in [5.41, 5.74) is 2.36. The molecule has 2 amide bonds. The Balaban J connectivity index is 3.02. The summed E-state index contributed by atoms with van der Waals surface area (Å²) >= 11 is 5.93. The molecule has 0 saturated heterocycles. The fourth-order valence-corrected chi connectivity index (χ4v) is 1.58. The molecule has 0 unspecified atom stereocenters. The van der Waals surface area contributed by atoms with E-state index in [9.17, 15) is 14.7 Å². The van der Waals surface area contributed by atoms with E-state index in [4.69, 9.17) is 21.1 Å². The second-order valence-electron chi connectivity index (χ2n) is 3.50. The first-order valence-electron chi connectivity index (χ1n) is 5.88. The molecule has 0 spiro atoms. The molecule has 7 nitrogen and oxygen atoms in total. The molecule has 0 radical (unpaired) electrons. The minimum absolute atomic E-state index is 0.0647. The second kappa shape index (κ2) is 7.44. The number of hydrogen-bond donors (Lipinski definition) is 2. The number of carbonyl (C=O) groups is 2. The van der Waals surface area contributed by atoms with Crippen molar-refractivity contribution in [3.8, 4) is 5.75 Å². The average Bonchev–Trinajstić information content (AvgIpc) is 2.37. The number of carbonyl (C=O) groups excluding carboxylic acids is 2. The first kappa shape index (κ1) is 15.9. The summed E-state index contributed by atoms with van der Waals surface area (Å²) in [6.07, 6.45) is -1.65. The summed E-state index contributed by atoms with van der Waals surface area (Å²) in [6, 6.07) is 3.91. The van der Waals surface area contributed by atoms with Gasteiger partial charge in [0.2, 0.25) is 0 Å². The average molecular weight is 303 g/mol. The van der Waals surface area contributed by atoms with E-state index in [1.807, 2.05) is 0 Å². The maximum atomic E-state index is 11.8. The minimum atomic E-state index is -0.829. The number of nitrogens with one attached hydrogen (secondary N) is 1. The van der Waals surface area contributed by atoms with Crippen molar-refractivity contribution in [1.29, 1.82) is 0 Å². The molecule has 0 heterocycles. The van der Waals surface area contributed by atoms with E-state index < -0.39 is 12.2 Å². The van der Waals surface area contributed by atoms with Gasteiger partial charge in [-0.2, -0.15) is 5.01 Å². The van der Waals surface area contributed by atoms with Gasteiger partial charge in [0.15, 0.2) is 0 Å². The molecule has 110 valence electrons. The molecular formula is C12H15ClN2O5. The van der Waals surface area contributed by atoms with Crippen LogP contribution in [0.4, 0.5) is 15.3 Å². The summed E-state index contributed by atoms with van der Waals surface area (Å²) in [6.45, 7) is 3.52. The zero-order valence-electron chi connectivity index (χ0n) is 11.1. The fourth-order valence-electron chi connectivity index (χ4n) is 1.32. The van der Waals surface area contributed by atoms with Gasteiger partial charge in [-0.05, 0) is 26.0 Å². The van der Waals surface area contributed by atoms with Crippen LogP contribution in [0.5, 0.6) is 5.75 Å². The highest BCUT2D eigenvalue weighted by Gasteiger charge is 2.22. The summed E-state index contributed by atoms with van der Waals surface area (Å²) in [7, 11) is 0. The third-order valence-electron chi connectivity index (χ3n) is 2.10. The standard InChI is InChI=1S/C12H15ClN2O5/c1-3-19-11(17)14-15(12(18)20-4-2)10-6-5-8(16)7-9(10)13/h5-7,16H,3-4H2,1-2H3,(H,14,17). The number of halogens is 1. The Morgan fingerprint density at radius 2 is 1.95 bits per heavy atom. The van der Waals surface area contributed by atoms with Crippen molar-refractivity contribution in [1.82, 2.24) is 5.43 Å². The van der Waals surface area contributed by atoms with Gasteiger partial charge in [0, 0.05) is 6.07 Å². The number of anilines is 1. The fraction of sp³-hybridized carbons (Fsp3) is 0.333. The number of phenolic OH excluding ortho intramolecular Hbond substituents is 1. The van der Waals surface area contributed by atoms with Gasteiger partial charge >= 0.3 is 12.2 Å². The topological polar surface area (TPSA) is 88.1 Å². The number of hydrogen-bond acceptors (Lipinski definition) is 5. The smallest absolute Gasteiger partial charge is 0.433 e. The maximum Gasteiger partial charge on any atom is 0.433 e. The lowest BCUT2D eigenvalue weighted by Crippen LogP contribution is -2.47. The Morgan fingerprint density at radius 3 is 2.50 bits per heavy atom. The third kappa shape index (κ3) is 4.20. The number of hydrazine groups is 1. The van der Waals surface area contributed by atoms with Crippen LogP contribution < -0.4 is 10.4 Å². The van der Waals surface area contributed by atoms with Crippen molar-refractivity contribution in [2.75, 3.05) is 18.2 Å². The molecule has 1 rings (SSSR count). The van der Waals surface area contributed by atoms with E-state index in [-0.39, 0.29) is 29.7 Å². The minimum Gasteiger partial charge on any atom is -0.508 e. The van der Waals surface area contributed by atoms with E-state index in [0.29, 0.717) is 0 Å². The number of ether oxygens (including phenoxy) is 2. The van der Waals surface area contributed by atoms with Crippen LogP contribution in [0.15, 0.2) is 18.2 Å². The molecular weight excluding hydrogens is 288 g/mol. The molecule has 0 fully saturated rings. The Labute approximate surface area is 121 Å². The number of phenols is 1. The molecule has 0 aromatic heterocycles. The summed E-state index contributed by atoms with van der Waals surface area (Å²) in [4.78, 5) is 23.3. The molecule has 1 aromatic carbocycles. The van der Waals surface area contributed by atoms with Crippen LogP contribution in [0.1, 0.15) is 13.8 Å². The largest absolute Gasteiger partial charge is 0.508 e. The number of amides is 2. The normalized spacial score (nSPS) is 9.75. The van der Waals surface area contributed by atoms with Crippen LogP contribution in [0.25, 0.3) is 0 Å². The number of nitrogens with zero attached hydrogens (tertiary/aromatic N) is 1. The van der Waals surface area contributed by atoms with E-state index in [2.05, 4.69) is 5.43 Å². The molecule has 0 atom stereocenters. The van der Waals surface area contributed by atoms with Crippen LogP contribution in [0.2, 0.25) is 5.02 Å². The van der Waals surface area contributed by atoms with Crippen molar-refractivity contribution in [3.05, 3.63) is 23.2 Å². The van der Waals surface area contributed by atoms with Crippen molar-refractivity contribution < 1.29 is 24.2 Å². The van der Waals surface area contributed by atoms with E-state index in [1.54, 1.807) is 13.8 Å². The van der Waals surface area contributed by atoms with E-state index in [1.165, 1.54) is 18.2 Å². The lowest BCUT2D eigenvalue weighted by molar-refractivity contribution is 0.139. The molecule has 0 aliphatic carbocycles. The van der Waals surface area contributed by atoms with Gasteiger partial charge in [-0.1, -0.05) is 11.6 Å². The van der Waals surface area contributed by atoms with E-state index in [0.717, 1.165) is 5.01 Å². The molecule has 2 N–H and O–H groups in total. The van der Waals surface area contributed by atoms with Gasteiger partial charge in [-0.25, -0.2) is 15.0 Å². The molecule has 0 aliphatic heterocycles. The third-order valence-corrected chi connectivity index (χ3v) is 2.40. The summed E-state index contributed by atoms with van der Waals surface area (Å²) < 4.78 is 9.51. The van der Waals surface area contributed by atoms with Crippen LogP contribution in [0.3, 0.4) is 0 Å². The quantitative estimate of drug-likeness (QED) is 0.838. The lowest BCUT2D eigenvalue weighted by Gasteiger charge is -2.22. The van der Waals surface area contributed by atoms with Crippen molar-refractivity contribution in [2.24, 2.45) is 0 Å². The summed E-state index contributed by atoms with van der Waals surface area (Å²) in [5.74, 6) is -0.0707. The first-order chi connectivity index (χ1) is 9.49. The molecule has 8 heteroatoms. The zero-order chi connectivity index (χ0) is 15.1. The Hall–Kier alpha value is -2.15.